The van der Waals surface area contributed by atoms with Crippen molar-refractivity contribution in [2.24, 2.45) is 0 Å². The monoisotopic (exact) mass is 255 g/mol. The lowest BCUT2D eigenvalue weighted by molar-refractivity contribution is 0.970. The lowest BCUT2D eigenvalue weighted by Gasteiger charge is -2.12. The molecule has 0 aliphatic carbocycles. The number of benzene rings is 1. The molecule has 0 aliphatic heterocycles. The van der Waals surface area contributed by atoms with Crippen molar-refractivity contribution < 1.29 is 0 Å². The van der Waals surface area contributed by atoms with Crippen LogP contribution in [0.2, 0.25) is 0 Å². The maximum absolute atomic E-state index is 4.69. The first-order chi connectivity index (χ1) is 9.15. The molecule has 0 saturated carbocycles. The van der Waals surface area contributed by atoms with E-state index in [0.29, 0.717) is 0 Å². The molecule has 100 valence electrons. The third kappa shape index (κ3) is 2.92. The summed E-state index contributed by atoms with van der Waals surface area (Å²) in [6.45, 7) is 9.25. The van der Waals surface area contributed by atoms with Crippen molar-refractivity contribution in [3.05, 3.63) is 41.1 Å². The highest BCUT2D eigenvalue weighted by Gasteiger charge is 2.10. The molecule has 1 aromatic heterocycles. The Bertz CT molecular complexity index is 576. The number of hydrogen-bond donors (Lipinski definition) is 1. The highest BCUT2D eigenvalue weighted by atomic mass is 15.0. The van der Waals surface area contributed by atoms with Gasteiger partial charge in [0.05, 0.1) is 0 Å². The average Bonchev–Trinajstić information content (AvgIpc) is 2.41. The topological polar surface area (TPSA) is 37.8 Å². The lowest BCUT2D eigenvalue weighted by Crippen LogP contribution is -2.07. The summed E-state index contributed by atoms with van der Waals surface area (Å²) in [5.41, 5.74) is 4.57. The van der Waals surface area contributed by atoms with Crippen molar-refractivity contribution >= 4 is 5.82 Å². The van der Waals surface area contributed by atoms with E-state index in [4.69, 9.17) is 4.98 Å². The second-order valence-electron chi connectivity index (χ2n) is 4.72. The number of rotatable bonds is 4. The van der Waals surface area contributed by atoms with Gasteiger partial charge in [0, 0.05) is 23.4 Å². The first kappa shape index (κ1) is 13.5. The zero-order chi connectivity index (χ0) is 13.8. The van der Waals surface area contributed by atoms with E-state index in [0.717, 1.165) is 41.4 Å². The summed E-state index contributed by atoms with van der Waals surface area (Å²) >= 11 is 0. The number of aryl methyl sites for hydroxylation is 2. The third-order valence-electron chi connectivity index (χ3n) is 3.20. The molecule has 3 nitrogen and oxygen atoms in total. The van der Waals surface area contributed by atoms with E-state index >= 15 is 0 Å². The second kappa shape index (κ2) is 5.83. The SMILES string of the molecule is CCNc1nc(-c2cccc(C)c2)nc(CC)c1C. The summed E-state index contributed by atoms with van der Waals surface area (Å²) in [7, 11) is 0. The van der Waals surface area contributed by atoms with Crippen molar-refractivity contribution in [2.75, 3.05) is 11.9 Å². The van der Waals surface area contributed by atoms with Crippen LogP contribution in [0.5, 0.6) is 0 Å². The first-order valence-electron chi connectivity index (χ1n) is 6.84. The molecule has 1 heterocycles. The molecule has 0 aliphatic rings. The number of hydrogen-bond acceptors (Lipinski definition) is 3. The van der Waals surface area contributed by atoms with Crippen LogP contribution in [0.25, 0.3) is 11.4 Å². The first-order valence-corrected chi connectivity index (χ1v) is 6.84. The molecule has 0 radical (unpaired) electrons. The van der Waals surface area contributed by atoms with Gasteiger partial charge in [0.15, 0.2) is 5.82 Å². The Kier molecular flexibility index (Phi) is 4.15. The Morgan fingerprint density at radius 2 is 1.89 bits per heavy atom. The molecule has 0 saturated heterocycles. The van der Waals surface area contributed by atoms with Gasteiger partial charge in [-0.2, -0.15) is 0 Å². The summed E-state index contributed by atoms with van der Waals surface area (Å²) in [4.78, 5) is 9.35. The van der Waals surface area contributed by atoms with Crippen LogP contribution in [0.4, 0.5) is 5.82 Å². The predicted molar refractivity (Wildman–Crippen MR) is 80.5 cm³/mol. The predicted octanol–water partition coefficient (Wildman–Crippen LogP) is 3.75. The van der Waals surface area contributed by atoms with E-state index in [1.54, 1.807) is 0 Å². The molecule has 0 fully saturated rings. The number of nitrogens with zero attached hydrogens (tertiary/aromatic N) is 2. The summed E-state index contributed by atoms with van der Waals surface area (Å²) in [6, 6.07) is 8.32. The standard InChI is InChI=1S/C16H21N3/c1-5-14-12(4)15(17-6-2)19-16(18-14)13-9-7-8-11(3)10-13/h7-10H,5-6H2,1-4H3,(H,17,18,19). The van der Waals surface area contributed by atoms with Gasteiger partial charge in [0.25, 0.3) is 0 Å². The Balaban J connectivity index is 2.54. The summed E-state index contributed by atoms with van der Waals surface area (Å²) in [5.74, 6) is 1.76. The molecule has 19 heavy (non-hydrogen) atoms. The maximum atomic E-state index is 4.69. The highest BCUT2D eigenvalue weighted by Crippen LogP contribution is 2.22. The smallest absolute Gasteiger partial charge is 0.161 e. The van der Waals surface area contributed by atoms with Crippen LogP contribution in [0.1, 0.15) is 30.7 Å². The van der Waals surface area contributed by atoms with E-state index in [9.17, 15) is 0 Å². The van der Waals surface area contributed by atoms with Crippen LogP contribution in [-0.2, 0) is 6.42 Å². The minimum Gasteiger partial charge on any atom is -0.370 e. The van der Waals surface area contributed by atoms with Crippen molar-refractivity contribution in [3.63, 3.8) is 0 Å². The van der Waals surface area contributed by atoms with Gasteiger partial charge in [-0.15, -0.1) is 0 Å². The van der Waals surface area contributed by atoms with Crippen LogP contribution in [0.15, 0.2) is 24.3 Å². The van der Waals surface area contributed by atoms with Crippen molar-refractivity contribution in [3.8, 4) is 11.4 Å². The van der Waals surface area contributed by atoms with Crippen molar-refractivity contribution in [1.29, 1.82) is 0 Å². The molecule has 2 aromatic rings. The van der Waals surface area contributed by atoms with Gasteiger partial charge in [0.1, 0.15) is 5.82 Å². The molecular formula is C16H21N3. The molecule has 2 rings (SSSR count). The molecular weight excluding hydrogens is 234 g/mol. The Morgan fingerprint density at radius 3 is 2.53 bits per heavy atom. The molecule has 1 N–H and O–H groups in total. The molecule has 3 heteroatoms. The molecule has 0 unspecified atom stereocenters. The molecule has 0 atom stereocenters. The number of anilines is 1. The Morgan fingerprint density at radius 1 is 1.11 bits per heavy atom. The molecule has 0 bridgehead atoms. The van der Waals surface area contributed by atoms with Crippen molar-refractivity contribution in [2.45, 2.75) is 34.1 Å². The largest absolute Gasteiger partial charge is 0.370 e. The van der Waals surface area contributed by atoms with E-state index in [-0.39, 0.29) is 0 Å². The van der Waals surface area contributed by atoms with Gasteiger partial charge in [0.2, 0.25) is 0 Å². The van der Waals surface area contributed by atoms with Gasteiger partial charge in [-0.3, -0.25) is 0 Å². The number of nitrogens with one attached hydrogen (secondary N) is 1. The van der Waals surface area contributed by atoms with Crippen LogP contribution < -0.4 is 5.32 Å². The van der Waals surface area contributed by atoms with E-state index in [1.165, 1.54) is 5.56 Å². The van der Waals surface area contributed by atoms with Gasteiger partial charge >= 0.3 is 0 Å². The summed E-state index contributed by atoms with van der Waals surface area (Å²) in [6.07, 6.45) is 0.922. The van der Waals surface area contributed by atoms with E-state index in [2.05, 4.69) is 56.2 Å². The molecule has 1 aromatic carbocycles. The fourth-order valence-electron chi connectivity index (χ4n) is 2.16. The molecule has 0 spiro atoms. The van der Waals surface area contributed by atoms with Gasteiger partial charge in [-0.25, -0.2) is 9.97 Å². The lowest BCUT2D eigenvalue weighted by atomic mass is 10.1. The average molecular weight is 255 g/mol. The zero-order valence-electron chi connectivity index (χ0n) is 12.1. The Labute approximate surface area is 115 Å². The van der Waals surface area contributed by atoms with E-state index in [1.807, 2.05) is 6.07 Å². The fraction of sp³-hybridized carbons (Fsp3) is 0.375. The van der Waals surface area contributed by atoms with Crippen LogP contribution >= 0.6 is 0 Å². The quantitative estimate of drug-likeness (QED) is 0.904. The zero-order valence-corrected chi connectivity index (χ0v) is 12.1. The van der Waals surface area contributed by atoms with Crippen molar-refractivity contribution in [1.82, 2.24) is 9.97 Å². The van der Waals surface area contributed by atoms with Gasteiger partial charge in [-0.1, -0.05) is 30.7 Å². The maximum Gasteiger partial charge on any atom is 0.161 e. The molecule has 0 amide bonds. The minimum atomic E-state index is 0.808. The fourth-order valence-corrected chi connectivity index (χ4v) is 2.16. The van der Waals surface area contributed by atoms with Gasteiger partial charge in [-0.05, 0) is 33.3 Å². The van der Waals surface area contributed by atoms with Gasteiger partial charge < -0.3 is 5.32 Å². The third-order valence-corrected chi connectivity index (χ3v) is 3.20. The highest BCUT2D eigenvalue weighted by molar-refractivity contribution is 5.60. The van der Waals surface area contributed by atoms with E-state index < -0.39 is 0 Å². The Hall–Kier alpha value is -1.90. The van der Waals surface area contributed by atoms with Crippen LogP contribution in [0.3, 0.4) is 0 Å². The normalized spacial score (nSPS) is 10.5. The summed E-state index contributed by atoms with van der Waals surface area (Å²) < 4.78 is 0. The minimum absolute atomic E-state index is 0.808. The summed E-state index contributed by atoms with van der Waals surface area (Å²) in [5, 5.41) is 3.32. The second-order valence-corrected chi connectivity index (χ2v) is 4.72. The van der Waals surface area contributed by atoms with Crippen LogP contribution in [-0.4, -0.2) is 16.5 Å². The number of aromatic nitrogens is 2. The van der Waals surface area contributed by atoms with Crippen LogP contribution in [0, 0.1) is 13.8 Å².